The van der Waals surface area contributed by atoms with Crippen LogP contribution in [0, 0.1) is 13.8 Å². The van der Waals surface area contributed by atoms with E-state index in [1.165, 1.54) is 0 Å². The van der Waals surface area contributed by atoms with Gasteiger partial charge in [0.2, 0.25) is 5.76 Å². The van der Waals surface area contributed by atoms with Crippen LogP contribution in [-0.4, -0.2) is 18.5 Å². The topological polar surface area (TPSA) is 76.8 Å². The lowest BCUT2D eigenvalue weighted by atomic mass is 9.97. The molecule has 176 valence electrons. The molecule has 0 fully saturated rings. The number of anilines is 1. The van der Waals surface area contributed by atoms with E-state index < -0.39 is 17.9 Å². The molecule has 5 rings (SSSR count). The van der Waals surface area contributed by atoms with Crippen molar-refractivity contribution >= 4 is 44.5 Å². The molecule has 0 radical (unpaired) electrons. The van der Waals surface area contributed by atoms with Crippen molar-refractivity contribution in [1.29, 1.82) is 0 Å². The highest BCUT2D eigenvalue weighted by atomic mass is 79.9. The third kappa shape index (κ3) is 3.86. The van der Waals surface area contributed by atoms with Crippen molar-refractivity contribution in [1.82, 2.24) is 0 Å². The maximum Gasteiger partial charge on any atom is 0.338 e. The molecular weight excluding hydrogens is 510 g/mol. The number of fused-ring (bicyclic) bond motifs is 2. The quantitative estimate of drug-likeness (QED) is 0.297. The molecule has 1 unspecified atom stereocenters. The molecule has 0 N–H and O–H groups in total. The van der Waals surface area contributed by atoms with Gasteiger partial charge in [-0.3, -0.25) is 14.5 Å². The molecule has 0 spiro atoms. The van der Waals surface area contributed by atoms with E-state index in [2.05, 4.69) is 15.9 Å². The van der Waals surface area contributed by atoms with Gasteiger partial charge in [-0.25, -0.2) is 4.79 Å². The molecular formula is C28H22BrNO5. The fourth-order valence-corrected chi connectivity index (χ4v) is 4.88. The smallest absolute Gasteiger partial charge is 0.338 e. The largest absolute Gasteiger partial charge is 0.462 e. The first-order valence-electron chi connectivity index (χ1n) is 11.2. The number of aryl methyl sites for hydroxylation is 2. The number of carbonyl (C=O) groups is 2. The predicted molar refractivity (Wildman–Crippen MR) is 137 cm³/mol. The molecule has 0 bridgehead atoms. The van der Waals surface area contributed by atoms with Crippen LogP contribution in [0.25, 0.3) is 11.0 Å². The van der Waals surface area contributed by atoms with E-state index in [9.17, 15) is 14.4 Å². The fraction of sp³-hybridized carbons (Fsp3) is 0.179. The number of benzene rings is 3. The summed E-state index contributed by atoms with van der Waals surface area (Å²) in [6.07, 6.45) is 0. The van der Waals surface area contributed by atoms with Crippen LogP contribution >= 0.6 is 15.9 Å². The molecule has 6 nitrogen and oxygen atoms in total. The third-order valence-electron chi connectivity index (χ3n) is 6.31. The Kier molecular flexibility index (Phi) is 5.81. The predicted octanol–water partition coefficient (Wildman–Crippen LogP) is 6.10. The Morgan fingerprint density at radius 2 is 1.74 bits per heavy atom. The van der Waals surface area contributed by atoms with E-state index in [1.807, 2.05) is 44.2 Å². The molecule has 0 saturated carbocycles. The highest BCUT2D eigenvalue weighted by molar-refractivity contribution is 9.10. The van der Waals surface area contributed by atoms with E-state index in [4.69, 9.17) is 9.15 Å². The second-order valence-corrected chi connectivity index (χ2v) is 9.42. The van der Waals surface area contributed by atoms with E-state index in [0.29, 0.717) is 27.8 Å². The Balaban J connectivity index is 1.73. The minimum Gasteiger partial charge on any atom is -0.462 e. The molecule has 1 atom stereocenters. The maximum absolute atomic E-state index is 13.8. The van der Waals surface area contributed by atoms with E-state index in [1.54, 1.807) is 42.2 Å². The number of halogens is 1. The number of nitrogens with zero attached hydrogens (tertiary/aromatic N) is 1. The molecule has 7 heteroatoms. The Hall–Kier alpha value is -3.71. The van der Waals surface area contributed by atoms with Crippen molar-refractivity contribution in [2.45, 2.75) is 26.8 Å². The first-order valence-corrected chi connectivity index (χ1v) is 12.0. The van der Waals surface area contributed by atoms with Crippen LogP contribution in [0.4, 0.5) is 5.69 Å². The first kappa shape index (κ1) is 23.1. The number of ether oxygens (including phenoxy) is 1. The Labute approximate surface area is 210 Å². The minimum atomic E-state index is -0.689. The molecule has 0 saturated heterocycles. The van der Waals surface area contributed by atoms with E-state index >= 15 is 0 Å². The van der Waals surface area contributed by atoms with Crippen LogP contribution in [0.2, 0.25) is 0 Å². The number of hydrogen-bond acceptors (Lipinski definition) is 5. The van der Waals surface area contributed by atoms with Gasteiger partial charge in [-0.1, -0.05) is 28.1 Å². The Morgan fingerprint density at radius 3 is 2.43 bits per heavy atom. The number of rotatable bonds is 4. The maximum atomic E-state index is 13.8. The van der Waals surface area contributed by atoms with Gasteiger partial charge in [0.15, 0.2) is 5.43 Å². The minimum absolute atomic E-state index is 0.0326. The number of hydrogen-bond donors (Lipinski definition) is 0. The number of carbonyl (C=O) groups excluding carboxylic acids is 2. The van der Waals surface area contributed by atoms with Crippen molar-refractivity contribution in [3.63, 3.8) is 0 Å². The van der Waals surface area contributed by atoms with Gasteiger partial charge < -0.3 is 9.15 Å². The number of amides is 1. The van der Waals surface area contributed by atoms with Crippen molar-refractivity contribution < 1.29 is 18.7 Å². The van der Waals surface area contributed by atoms with Crippen molar-refractivity contribution in [2.24, 2.45) is 0 Å². The molecule has 1 aliphatic rings. The zero-order chi connectivity index (χ0) is 24.9. The zero-order valence-electron chi connectivity index (χ0n) is 19.4. The van der Waals surface area contributed by atoms with Crippen LogP contribution in [0.3, 0.4) is 0 Å². The molecule has 1 aliphatic heterocycles. The number of esters is 1. The summed E-state index contributed by atoms with van der Waals surface area (Å²) >= 11 is 3.50. The summed E-state index contributed by atoms with van der Waals surface area (Å²) in [5.74, 6) is -0.816. The van der Waals surface area contributed by atoms with Gasteiger partial charge in [-0.05, 0) is 86.0 Å². The monoisotopic (exact) mass is 531 g/mol. The summed E-state index contributed by atoms with van der Waals surface area (Å²) in [5.41, 5.74) is 4.08. The zero-order valence-corrected chi connectivity index (χ0v) is 21.0. The average Bonchev–Trinajstić information content (AvgIpc) is 3.13. The Morgan fingerprint density at radius 1 is 1.03 bits per heavy atom. The van der Waals surface area contributed by atoms with Crippen LogP contribution in [0.1, 0.15) is 56.1 Å². The highest BCUT2D eigenvalue weighted by Crippen LogP contribution is 2.42. The van der Waals surface area contributed by atoms with Gasteiger partial charge in [-0.2, -0.15) is 0 Å². The van der Waals surface area contributed by atoms with Crippen LogP contribution < -0.4 is 10.3 Å². The lowest BCUT2D eigenvalue weighted by molar-refractivity contribution is 0.0526. The Bertz CT molecular complexity index is 1550. The summed E-state index contributed by atoms with van der Waals surface area (Å²) in [6, 6.07) is 17.0. The van der Waals surface area contributed by atoms with E-state index in [0.717, 1.165) is 21.2 Å². The molecule has 35 heavy (non-hydrogen) atoms. The van der Waals surface area contributed by atoms with Gasteiger partial charge in [0, 0.05) is 10.2 Å². The SMILES string of the molecule is CCOC(=O)c1ccc(N2C(=O)c3oc4cc(C)c(C)cc4c(=O)c3C2c2cccc(Br)c2)cc1. The summed E-state index contributed by atoms with van der Waals surface area (Å²) in [4.78, 5) is 41.2. The van der Waals surface area contributed by atoms with Gasteiger partial charge >= 0.3 is 5.97 Å². The van der Waals surface area contributed by atoms with Crippen LogP contribution in [0.5, 0.6) is 0 Å². The standard InChI is InChI=1S/C28H22BrNO5/c1-4-34-28(33)17-8-10-20(11-9-17)30-24(18-6-5-7-19(29)14-18)23-25(31)21-12-15(2)16(3)13-22(21)35-26(23)27(30)32/h5-14,24H,4H2,1-3H3. The lowest BCUT2D eigenvalue weighted by Crippen LogP contribution is -2.29. The second kappa shape index (κ2) is 8.82. The molecule has 1 amide bonds. The first-order chi connectivity index (χ1) is 16.8. The summed E-state index contributed by atoms with van der Waals surface area (Å²) in [6.45, 7) is 5.89. The lowest BCUT2D eigenvalue weighted by Gasteiger charge is -2.25. The van der Waals surface area contributed by atoms with Crippen molar-refractivity contribution in [3.05, 3.63) is 109 Å². The normalized spacial score (nSPS) is 14.9. The average molecular weight is 532 g/mol. The van der Waals surface area contributed by atoms with Gasteiger partial charge in [-0.15, -0.1) is 0 Å². The van der Waals surface area contributed by atoms with Crippen LogP contribution in [0.15, 0.2) is 74.3 Å². The third-order valence-corrected chi connectivity index (χ3v) is 6.80. The highest BCUT2D eigenvalue weighted by Gasteiger charge is 2.43. The second-order valence-electron chi connectivity index (χ2n) is 8.51. The molecule has 0 aliphatic carbocycles. The van der Waals surface area contributed by atoms with Crippen LogP contribution in [-0.2, 0) is 4.74 Å². The van der Waals surface area contributed by atoms with Crippen molar-refractivity contribution in [3.8, 4) is 0 Å². The van der Waals surface area contributed by atoms with Gasteiger partial charge in [0.1, 0.15) is 5.58 Å². The molecule has 4 aromatic rings. The summed E-state index contributed by atoms with van der Waals surface area (Å²) < 4.78 is 12.0. The van der Waals surface area contributed by atoms with Gasteiger partial charge in [0.05, 0.1) is 29.2 Å². The summed E-state index contributed by atoms with van der Waals surface area (Å²) in [7, 11) is 0. The molecule has 2 heterocycles. The van der Waals surface area contributed by atoms with E-state index in [-0.39, 0.29) is 17.8 Å². The molecule has 3 aromatic carbocycles. The van der Waals surface area contributed by atoms with Gasteiger partial charge in [0.25, 0.3) is 5.91 Å². The summed E-state index contributed by atoms with van der Waals surface area (Å²) in [5, 5.41) is 0.444. The van der Waals surface area contributed by atoms with Crippen molar-refractivity contribution in [2.75, 3.05) is 11.5 Å². The molecule has 1 aromatic heterocycles. The fourth-order valence-electron chi connectivity index (χ4n) is 4.46.